The number of hydrogen-bond donors (Lipinski definition) is 6. The molecule has 1 aromatic heterocycles. The van der Waals surface area contributed by atoms with Crippen LogP contribution in [0, 0.1) is 0 Å². The van der Waals surface area contributed by atoms with Crippen molar-refractivity contribution in [2.75, 3.05) is 0 Å². The number of carboxylic acid groups (broad SMARTS) is 1. The SMILES string of the molecule is C[C@H](N)C(=O)Oc1c(-c2ccc(O)c(O)c2)oc2cc(OC(=O)N[C@@H](C)C(=O)O)cc(O)c2c1=O. The lowest BCUT2D eigenvalue weighted by atomic mass is 10.1. The molecule has 0 radical (unpaired) electrons. The number of carbonyl (C=O) groups is 3. The molecule has 0 bridgehead atoms. The molecule has 2 atom stereocenters. The average Bonchev–Trinajstić information content (AvgIpc) is 2.76. The van der Waals surface area contributed by atoms with Crippen molar-refractivity contribution in [2.45, 2.75) is 25.9 Å². The third-order valence-electron chi connectivity index (χ3n) is 4.63. The lowest BCUT2D eigenvalue weighted by molar-refractivity contribution is -0.139. The van der Waals surface area contributed by atoms with Gasteiger partial charge < -0.3 is 45.4 Å². The van der Waals surface area contributed by atoms with E-state index in [1.807, 2.05) is 5.32 Å². The summed E-state index contributed by atoms with van der Waals surface area (Å²) >= 11 is 0. The van der Waals surface area contributed by atoms with Gasteiger partial charge in [0.1, 0.15) is 34.6 Å². The predicted molar refractivity (Wildman–Crippen MR) is 118 cm³/mol. The maximum atomic E-state index is 13.2. The molecule has 3 aromatic rings. The maximum absolute atomic E-state index is 13.2. The lowest BCUT2D eigenvalue weighted by Crippen LogP contribution is -2.39. The third kappa shape index (κ3) is 5.25. The van der Waals surface area contributed by atoms with Crippen molar-refractivity contribution in [2.24, 2.45) is 5.73 Å². The fraction of sp³-hybridized carbons (Fsp3) is 0.182. The number of rotatable bonds is 6. The van der Waals surface area contributed by atoms with Crippen molar-refractivity contribution in [3.8, 4) is 40.1 Å². The van der Waals surface area contributed by atoms with Crippen LogP contribution in [0.3, 0.4) is 0 Å². The molecule has 13 nitrogen and oxygen atoms in total. The van der Waals surface area contributed by atoms with Crippen LogP contribution in [0.5, 0.6) is 28.7 Å². The van der Waals surface area contributed by atoms with Crippen molar-refractivity contribution in [1.29, 1.82) is 0 Å². The van der Waals surface area contributed by atoms with Crippen LogP contribution in [0.2, 0.25) is 0 Å². The molecule has 7 N–H and O–H groups in total. The third-order valence-corrected chi connectivity index (χ3v) is 4.63. The largest absolute Gasteiger partial charge is 0.507 e. The summed E-state index contributed by atoms with van der Waals surface area (Å²) in [6.45, 7) is 2.51. The highest BCUT2D eigenvalue weighted by Crippen LogP contribution is 2.38. The van der Waals surface area contributed by atoms with Crippen LogP contribution in [-0.2, 0) is 9.59 Å². The number of aromatic hydroxyl groups is 3. The first-order valence-electron chi connectivity index (χ1n) is 9.93. The van der Waals surface area contributed by atoms with E-state index in [1.54, 1.807) is 0 Å². The summed E-state index contributed by atoms with van der Waals surface area (Å²) in [6, 6.07) is 2.94. The fourth-order valence-corrected chi connectivity index (χ4v) is 2.83. The van der Waals surface area contributed by atoms with Gasteiger partial charge in [0.15, 0.2) is 17.3 Å². The van der Waals surface area contributed by atoms with Gasteiger partial charge in [-0.3, -0.25) is 9.59 Å². The summed E-state index contributed by atoms with van der Waals surface area (Å²) in [7, 11) is 0. The van der Waals surface area contributed by atoms with E-state index < -0.39 is 63.9 Å². The van der Waals surface area contributed by atoms with Gasteiger partial charge in [-0.05, 0) is 32.0 Å². The van der Waals surface area contributed by atoms with Gasteiger partial charge in [-0.2, -0.15) is 0 Å². The first kappa shape index (κ1) is 24.9. The minimum absolute atomic E-state index is 0.00520. The standard InChI is InChI=1S/C22H20N2O11/c1-8(23)21(31)35-19-17(28)16-14(27)6-11(33-22(32)24-9(2)20(29)30)7-15(16)34-18(19)10-3-4-12(25)13(26)5-10/h3-9,25-27H,23H2,1-2H3,(H,24,32)(H,29,30)/t8-,9-/m0/s1. The highest BCUT2D eigenvalue weighted by Gasteiger charge is 2.25. The first-order valence-corrected chi connectivity index (χ1v) is 9.93. The number of nitrogens with two attached hydrogens (primary N) is 1. The molecule has 2 aromatic carbocycles. The van der Waals surface area contributed by atoms with E-state index in [0.717, 1.165) is 24.3 Å². The van der Waals surface area contributed by atoms with E-state index in [0.29, 0.717) is 0 Å². The van der Waals surface area contributed by atoms with Gasteiger partial charge in [0.05, 0.1) is 0 Å². The summed E-state index contributed by atoms with van der Waals surface area (Å²) in [4.78, 5) is 48.1. The number of aliphatic carboxylic acids is 1. The molecule has 13 heteroatoms. The van der Waals surface area contributed by atoms with Crippen LogP contribution in [0.1, 0.15) is 13.8 Å². The second kappa shape index (κ2) is 9.61. The number of amides is 1. The Hall–Kier alpha value is -4.78. The Labute approximate surface area is 195 Å². The Morgan fingerprint density at radius 3 is 2.29 bits per heavy atom. The number of phenols is 3. The summed E-state index contributed by atoms with van der Waals surface area (Å²) in [6.07, 6.45) is -1.16. The van der Waals surface area contributed by atoms with Gasteiger partial charge in [0.2, 0.25) is 11.2 Å². The van der Waals surface area contributed by atoms with Crippen LogP contribution in [0.4, 0.5) is 4.79 Å². The molecular weight excluding hydrogens is 468 g/mol. The van der Waals surface area contributed by atoms with Gasteiger partial charge in [-0.25, -0.2) is 9.59 Å². The molecule has 3 rings (SSSR count). The van der Waals surface area contributed by atoms with E-state index in [2.05, 4.69) is 0 Å². The van der Waals surface area contributed by atoms with Crippen LogP contribution >= 0.6 is 0 Å². The molecule has 0 unspecified atom stereocenters. The van der Waals surface area contributed by atoms with Crippen LogP contribution in [0.25, 0.3) is 22.3 Å². The summed E-state index contributed by atoms with van der Waals surface area (Å²) in [5.41, 5.74) is 4.21. The molecule has 0 aliphatic heterocycles. The van der Waals surface area contributed by atoms with Crippen LogP contribution in [-0.4, -0.2) is 50.5 Å². The van der Waals surface area contributed by atoms with Gasteiger partial charge in [0.25, 0.3) is 0 Å². The summed E-state index contributed by atoms with van der Waals surface area (Å²) < 4.78 is 15.8. The van der Waals surface area contributed by atoms with Crippen molar-refractivity contribution in [3.63, 3.8) is 0 Å². The minimum Gasteiger partial charge on any atom is -0.507 e. The van der Waals surface area contributed by atoms with E-state index in [4.69, 9.17) is 24.7 Å². The van der Waals surface area contributed by atoms with E-state index in [-0.39, 0.29) is 22.7 Å². The van der Waals surface area contributed by atoms with Crippen LogP contribution in [0.15, 0.2) is 39.5 Å². The second-order valence-corrected chi connectivity index (χ2v) is 7.41. The van der Waals surface area contributed by atoms with Gasteiger partial charge in [-0.15, -0.1) is 0 Å². The average molecular weight is 488 g/mol. The number of phenolic OH excluding ortho intramolecular Hbond substituents is 3. The Morgan fingerprint density at radius 1 is 1.00 bits per heavy atom. The van der Waals surface area contributed by atoms with Gasteiger partial charge >= 0.3 is 18.0 Å². The molecular formula is C22H20N2O11. The van der Waals surface area contributed by atoms with E-state index >= 15 is 0 Å². The Bertz CT molecular complexity index is 1390. The quantitative estimate of drug-likeness (QED) is 0.214. The molecule has 0 aliphatic rings. The molecule has 35 heavy (non-hydrogen) atoms. The zero-order valence-corrected chi connectivity index (χ0v) is 18.3. The predicted octanol–water partition coefficient (Wildman–Crippen LogP) is 1.39. The zero-order chi connectivity index (χ0) is 26.0. The topological polar surface area (TPSA) is 219 Å². The Balaban J connectivity index is 2.18. The Kier molecular flexibility index (Phi) is 6.82. The first-order chi connectivity index (χ1) is 16.4. The molecule has 0 saturated heterocycles. The highest BCUT2D eigenvalue weighted by atomic mass is 16.6. The lowest BCUT2D eigenvalue weighted by Gasteiger charge is -2.14. The maximum Gasteiger partial charge on any atom is 0.413 e. The molecule has 0 saturated carbocycles. The number of carbonyl (C=O) groups excluding carboxylic acids is 2. The summed E-state index contributed by atoms with van der Waals surface area (Å²) in [5.74, 6) is -5.39. The number of fused-ring (bicyclic) bond motifs is 1. The fourth-order valence-electron chi connectivity index (χ4n) is 2.83. The number of carboxylic acids is 1. The Morgan fingerprint density at radius 2 is 1.69 bits per heavy atom. The van der Waals surface area contributed by atoms with Crippen LogP contribution < -0.4 is 26.0 Å². The number of ether oxygens (including phenoxy) is 2. The minimum atomic E-state index is -1.31. The number of hydrogen-bond acceptors (Lipinski definition) is 11. The highest BCUT2D eigenvalue weighted by molar-refractivity contribution is 5.90. The summed E-state index contributed by atoms with van der Waals surface area (Å²) in [5, 5.41) is 40.4. The van der Waals surface area contributed by atoms with Gasteiger partial charge in [0, 0.05) is 17.7 Å². The van der Waals surface area contributed by atoms with E-state index in [9.17, 15) is 34.5 Å². The molecule has 184 valence electrons. The normalized spacial score (nSPS) is 12.5. The number of benzene rings is 2. The van der Waals surface area contributed by atoms with Crippen molar-refractivity contribution < 1.29 is 48.7 Å². The number of esters is 1. The molecule has 1 amide bonds. The monoisotopic (exact) mass is 488 g/mol. The van der Waals surface area contributed by atoms with Crippen molar-refractivity contribution in [1.82, 2.24) is 5.32 Å². The van der Waals surface area contributed by atoms with Crippen molar-refractivity contribution >= 4 is 29.0 Å². The van der Waals surface area contributed by atoms with Crippen molar-refractivity contribution in [3.05, 3.63) is 40.6 Å². The number of nitrogens with one attached hydrogen (secondary N) is 1. The van der Waals surface area contributed by atoms with E-state index in [1.165, 1.54) is 19.9 Å². The smallest absolute Gasteiger partial charge is 0.413 e. The van der Waals surface area contributed by atoms with Gasteiger partial charge in [-0.1, -0.05) is 0 Å². The molecule has 0 aliphatic carbocycles. The molecule has 1 heterocycles. The molecule has 0 spiro atoms. The molecule has 0 fully saturated rings. The zero-order valence-electron chi connectivity index (χ0n) is 18.3. The second-order valence-electron chi connectivity index (χ2n) is 7.41.